The van der Waals surface area contributed by atoms with E-state index < -0.39 is 11.6 Å². The van der Waals surface area contributed by atoms with Gasteiger partial charge in [-0.25, -0.2) is 4.79 Å². The van der Waals surface area contributed by atoms with Crippen LogP contribution in [-0.4, -0.2) is 41.4 Å². The lowest BCUT2D eigenvalue weighted by Gasteiger charge is -2.37. The Hall–Kier alpha value is -1.59. The van der Waals surface area contributed by atoms with E-state index in [0.29, 0.717) is 19.4 Å². The van der Waals surface area contributed by atoms with Crippen LogP contribution in [0.3, 0.4) is 0 Å². The average Bonchev–Trinajstić information content (AvgIpc) is 2.65. The molecule has 112 valence electrons. The number of amides is 4. The molecule has 0 aromatic rings. The molecule has 1 spiro atoms. The van der Waals surface area contributed by atoms with Crippen LogP contribution in [0.2, 0.25) is 0 Å². The summed E-state index contributed by atoms with van der Waals surface area (Å²) in [6.45, 7) is 2.64. The lowest BCUT2D eigenvalue weighted by Crippen LogP contribution is -2.53. The van der Waals surface area contributed by atoms with E-state index in [1.165, 1.54) is 4.90 Å². The van der Waals surface area contributed by atoms with Crippen LogP contribution in [-0.2, 0) is 9.59 Å². The summed E-state index contributed by atoms with van der Waals surface area (Å²) in [5.41, 5.74) is -0.780. The van der Waals surface area contributed by atoms with Crippen LogP contribution in [0.25, 0.3) is 0 Å². The van der Waals surface area contributed by atoms with Gasteiger partial charge in [0.05, 0.1) is 0 Å². The minimum absolute atomic E-state index is 0.0265. The fraction of sp³-hybridized carbons (Fsp3) is 0.786. The summed E-state index contributed by atoms with van der Waals surface area (Å²) in [4.78, 5) is 37.4. The maximum Gasteiger partial charge on any atom is 0.325 e. The van der Waals surface area contributed by atoms with Gasteiger partial charge >= 0.3 is 6.03 Å². The molecule has 20 heavy (non-hydrogen) atoms. The van der Waals surface area contributed by atoms with Crippen LogP contribution in [0.1, 0.15) is 51.9 Å². The molecule has 1 aliphatic carbocycles. The number of nitrogens with one attached hydrogen (secondary N) is 2. The highest BCUT2D eigenvalue weighted by atomic mass is 16.2. The van der Waals surface area contributed by atoms with Crippen molar-refractivity contribution in [1.29, 1.82) is 0 Å². The van der Waals surface area contributed by atoms with Gasteiger partial charge in [0.25, 0.3) is 5.91 Å². The summed E-state index contributed by atoms with van der Waals surface area (Å²) >= 11 is 0. The summed E-state index contributed by atoms with van der Waals surface area (Å²) in [5, 5.41) is 5.16. The molecule has 0 radical (unpaired) electrons. The van der Waals surface area contributed by atoms with E-state index >= 15 is 0 Å². The zero-order valence-electron chi connectivity index (χ0n) is 12.0. The van der Waals surface area contributed by atoms with Crippen molar-refractivity contribution in [3.05, 3.63) is 0 Å². The molecule has 4 amide bonds. The quantitative estimate of drug-likeness (QED) is 0.586. The maximum atomic E-state index is 12.1. The molecule has 6 nitrogen and oxygen atoms in total. The van der Waals surface area contributed by atoms with Crippen molar-refractivity contribution in [2.75, 3.05) is 13.1 Å². The highest BCUT2D eigenvalue weighted by Gasteiger charge is 2.53. The molecule has 2 N–H and O–H groups in total. The first-order valence-corrected chi connectivity index (χ1v) is 7.50. The Morgan fingerprint density at radius 2 is 2.00 bits per heavy atom. The lowest BCUT2D eigenvalue weighted by molar-refractivity contribution is -0.130. The van der Waals surface area contributed by atoms with Crippen LogP contribution < -0.4 is 10.6 Å². The fourth-order valence-corrected chi connectivity index (χ4v) is 3.06. The van der Waals surface area contributed by atoms with Crippen molar-refractivity contribution in [3.8, 4) is 0 Å². The van der Waals surface area contributed by atoms with Crippen LogP contribution in [0.5, 0.6) is 0 Å². The second-order valence-electron chi connectivity index (χ2n) is 5.64. The fourth-order valence-electron chi connectivity index (χ4n) is 3.06. The van der Waals surface area contributed by atoms with E-state index in [4.69, 9.17) is 0 Å². The molecule has 1 heterocycles. The third-order valence-electron chi connectivity index (χ3n) is 4.24. The Morgan fingerprint density at radius 1 is 1.30 bits per heavy atom. The Kier molecular flexibility index (Phi) is 4.62. The van der Waals surface area contributed by atoms with E-state index in [9.17, 15) is 14.4 Å². The third-order valence-corrected chi connectivity index (χ3v) is 4.24. The van der Waals surface area contributed by atoms with Gasteiger partial charge in [0.1, 0.15) is 12.1 Å². The van der Waals surface area contributed by atoms with Crippen molar-refractivity contribution in [2.24, 2.45) is 0 Å². The summed E-state index contributed by atoms with van der Waals surface area (Å²) in [5.74, 6) is -0.420. The maximum absolute atomic E-state index is 12.1. The van der Waals surface area contributed by atoms with Gasteiger partial charge in [-0.05, 0) is 19.3 Å². The molecule has 2 fully saturated rings. The monoisotopic (exact) mass is 281 g/mol. The molecule has 0 aromatic carbocycles. The number of nitrogens with zero attached hydrogens (tertiary/aromatic N) is 1. The number of imide groups is 1. The Balaban J connectivity index is 2.01. The zero-order chi connectivity index (χ0) is 14.6. The largest absolute Gasteiger partial charge is 0.355 e. The molecular formula is C14H23N3O3. The average molecular weight is 281 g/mol. The van der Waals surface area contributed by atoms with Gasteiger partial charge in [-0.3, -0.25) is 14.9 Å². The van der Waals surface area contributed by atoms with Gasteiger partial charge in [-0.2, -0.15) is 0 Å². The first-order valence-electron chi connectivity index (χ1n) is 7.50. The first kappa shape index (κ1) is 14.8. The van der Waals surface area contributed by atoms with Gasteiger partial charge in [0, 0.05) is 6.54 Å². The number of urea groups is 1. The lowest BCUT2D eigenvalue weighted by atomic mass is 9.80. The number of carbonyl (C=O) groups excluding carboxylic acids is 3. The van der Waals surface area contributed by atoms with Crippen molar-refractivity contribution < 1.29 is 14.4 Å². The van der Waals surface area contributed by atoms with Gasteiger partial charge in [-0.15, -0.1) is 0 Å². The molecular weight excluding hydrogens is 258 g/mol. The van der Waals surface area contributed by atoms with E-state index in [0.717, 1.165) is 32.1 Å². The SMILES string of the molecule is CCCCNC(=O)CN1C(=O)NC(=O)C12CCCCC2. The van der Waals surface area contributed by atoms with Crippen LogP contribution in [0.4, 0.5) is 4.79 Å². The number of carbonyl (C=O) groups is 3. The molecule has 1 saturated carbocycles. The van der Waals surface area contributed by atoms with E-state index in [1.54, 1.807) is 0 Å². The van der Waals surface area contributed by atoms with Crippen molar-refractivity contribution in [2.45, 2.75) is 57.4 Å². The molecule has 0 bridgehead atoms. The molecule has 6 heteroatoms. The summed E-state index contributed by atoms with van der Waals surface area (Å²) in [6, 6.07) is -0.428. The molecule has 1 aliphatic heterocycles. The predicted octanol–water partition coefficient (Wildman–Crippen LogP) is 1.16. The highest BCUT2D eigenvalue weighted by molar-refractivity contribution is 6.08. The van der Waals surface area contributed by atoms with Crippen LogP contribution >= 0.6 is 0 Å². The van der Waals surface area contributed by atoms with Crippen LogP contribution in [0, 0.1) is 0 Å². The normalized spacial score (nSPS) is 21.1. The number of hydrogen-bond donors (Lipinski definition) is 2. The van der Waals surface area contributed by atoms with E-state index in [-0.39, 0.29) is 18.4 Å². The van der Waals surface area contributed by atoms with Gasteiger partial charge in [0.2, 0.25) is 5.91 Å². The minimum Gasteiger partial charge on any atom is -0.355 e. The van der Waals surface area contributed by atoms with E-state index in [2.05, 4.69) is 17.6 Å². The minimum atomic E-state index is -0.780. The topological polar surface area (TPSA) is 78.5 Å². The molecule has 0 unspecified atom stereocenters. The van der Waals surface area contributed by atoms with Crippen molar-refractivity contribution in [3.63, 3.8) is 0 Å². The molecule has 2 rings (SSSR count). The number of hydrogen-bond acceptors (Lipinski definition) is 3. The summed E-state index contributed by atoms with van der Waals surface area (Å²) < 4.78 is 0. The number of rotatable bonds is 5. The van der Waals surface area contributed by atoms with Gasteiger partial charge in [-0.1, -0.05) is 32.6 Å². The first-order chi connectivity index (χ1) is 9.60. The predicted molar refractivity (Wildman–Crippen MR) is 74.0 cm³/mol. The van der Waals surface area contributed by atoms with Crippen molar-refractivity contribution >= 4 is 17.8 Å². The Morgan fingerprint density at radius 3 is 2.65 bits per heavy atom. The van der Waals surface area contributed by atoms with E-state index in [1.807, 2.05) is 0 Å². The second kappa shape index (κ2) is 6.24. The summed E-state index contributed by atoms with van der Waals surface area (Å²) in [6.07, 6.45) is 6.18. The van der Waals surface area contributed by atoms with Crippen molar-refractivity contribution in [1.82, 2.24) is 15.5 Å². The zero-order valence-corrected chi connectivity index (χ0v) is 12.0. The molecule has 0 atom stereocenters. The number of unbranched alkanes of at least 4 members (excludes halogenated alkanes) is 1. The standard InChI is InChI=1S/C14H23N3O3/c1-2-3-9-15-11(18)10-17-13(20)16-12(19)14(17)7-5-4-6-8-14/h2-10H2,1H3,(H,15,18)(H,16,19,20). The summed E-state index contributed by atoms with van der Waals surface area (Å²) in [7, 11) is 0. The highest BCUT2D eigenvalue weighted by Crippen LogP contribution is 2.36. The molecule has 2 aliphatic rings. The Labute approximate surface area is 119 Å². The van der Waals surface area contributed by atoms with Gasteiger partial charge < -0.3 is 10.2 Å². The van der Waals surface area contributed by atoms with Crippen LogP contribution in [0.15, 0.2) is 0 Å². The Bertz CT molecular complexity index is 402. The van der Waals surface area contributed by atoms with Gasteiger partial charge in [0.15, 0.2) is 0 Å². The molecule has 0 aromatic heterocycles. The smallest absolute Gasteiger partial charge is 0.325 e. The third kappa shape index (κ3) is 2.78. The second-order valence-corrected chi connectivity index (χ2v) is 5.64. The molecule has 1 saturated heterocycles.